The molecule has 0 spiro atoms. The average molecular weight is 263 g/mol. The third-order valence-electron chi connectivity index (χ3n) is 3.83. The number of hydrogen-bond acceptors (Lipinski definition) is 4. The Bertz CT molecular complexity index is 440. The van der Waals surface area contributed by atoms with E-state index in [0.717, 1.165) is 37.1 Å². The Hall–Kier alpha value is -1.65. The van der Waals surface area contributed by atoms with Gasteiger partial charge in [-0.05, 0) is 31.3 Å². The van der Waals surface area contributed by atoms with Crippen molar-refractivity contribution < 1.29 is 14.7 Å². The first-order valence-corrected chi connectivity index (χ1v) is 6.80. The van der Waals surface area contributed by atoms with Crippen molar-refractivity contribution in [1.29, 1.82) is 0 Å². The zero-order chi connectivity index (χ0) is 14.0. The summed E-state index contributed by atoms with van der Waals surface area (Å²) < 4.78 is 0. The van der Waals surface area contributed by atoms with Crippen molar-refractivity contribution in [3.8, 4) is 0 Å². The molecule has 2 rings (SSSR count). The summed E-state index contributed by atoms with van der Waals surface area (Å²) in [6, 6.07) is 0.0502. The molecular weight excluding hydrogens is 244 g/mol. The van der Waals surface area contributed by atoms with E-state index in [4.69, 9.17) is 0 Å². The Morgan fingerprint density at radius 3 is 2.74 bits per heavy atom. The number of carbonyl (C=O) groups excluding carboxylic acids is 2. The van der Waals surface area contributed by atoms with E-state index in [2.05, 4.69) is 18.9 Å². The lowest BCUT2D eigenvalue weighted by atomic mass is 9.79. The van der Waals surface area contributed by atoms with Gasteiger partial charge in [-0.2, -0.15) is 5.10 Å². The summed E-state index contributed by atoms with van der Waals surface area (Å²) in [5.41, 5.74) is 1.10. The van der Waals surface area contributed by atoms with Gasteiger partial charge in [0.25, 0.3) is 5.91 Å². The van der Waals surface area contributed by atoms with Gasteiger partial charge < -0.3 is 9.90 Å². The van der Waals surface area contributed by atoms with E-state index < -0.39 is 5.97 Å². The zero-order valence-electron chi connectivity index (χ0n) is 11.3. The molecule has 5 heteroatoms. The Morgan fingerprint density at radius 2 is 2.11 bits per heavy atom. The lowest BCUT2D eigenvalue weighted by Crippen LogP contribution is -2.41. The number of carboxylic acids is 1. The van der Waals surface area contributed by atoms with Gasteiger partial charge in [0.2, 0.25) is 0 Å². The van der Waals surface area contributed by atoms with Gasteiger partial charge in [0.15, 0.2) is 0 Å². The average Bonchev–Trinajstić information content (AvgIpc) is 2.75. The first-order valence-electron chi connectivity index (χ1n) is 6.80. The monoisotopic (exact) mass is 263 g/mol. The topological polar surface area (TPSA) is 72.8 Å². The molecule has 19 heavy (non-hydrogen) atoms. The summed E-state index contributed by atoms with van der Waals surface area (Å²) in [6.07, 6.45) is 6.10. The predicted octanol–water partition coefficient (Wildman–Crippen LogP) is 0.706. The van der Waals surface area contributed by atoms with Crippen molar-refractivity contribution >= 4 is 17.6 Å². The molecule has 104 valence electrons. The molecule has 0 saturated heterocycles. The largest absolute Gasteiger partial charge is 0.545 e. The molecule has 5 nitrogen and oxygen atoms in total. The highest BCUT2D eigenvalue weighted by Gasteiger charge is 2.41. The fraction of sp³-hybridized carbons (Fsp3) is 0.643. The van der Waals surface area contributed by atoms with Crippen LogP contribution in [0.15, 0.2) is 17.3 Å². The minimum absolute atomic E-state index is 0.0502. The molecule has 2 aliphatic rings. The third-order valence-corrected chi connectivity index (χ3v) is 3.83. The Balaban J connectivity index is 2.20. The zero-order valence-corrected chi connectivity index (χ0v) is 11.3. The van der Waals surface area contributed by atoms with Crippen LogP contribution in [0.25, 0.3) is 0 Å². The fourth-order valence-corrected chi connectivity index (χ4v) is 3.05. The van der Waals surface area contributed by atoms with Crippen LogP contribution >= 0.6 is 0 Å². The molecule has 0 aromatic carbocycles. The summed E-state index contributed by atoms with van der Waals surface area (Å²) in [6.45, 7) is 4.14. The number of nitrogens with zero attached hydrogens (tertiary/aromatic N) is 2. The summed E-state index contributed by atoms with van der Waals surface area (Å²) in [5, 5.41) is 16.3. The maximum atomic E-state index is 12.0. The fourth-order valence-electron chi connectivity index (χ4n) is 3.05. The second-order valence-electron chi connectivity index (χ2n) is 5.51. The number of rotatable bonds is 3. The smallest absolute Gasteiger partial charge is 0.267 e. The van der Waals surface area contributed by atoms with Gasteiger partial charge in [-0.25, -0.2) is 5.01 Å². The highest BCUT2D eigenvalue weighted by molar-refractivity contribution is 5.97. The van der Waals surface area contributed by atoms with Crippen LogP contribution in [0.1, 0.15) is 39.5 Å². The molecule has 2 atom stereocenters. The maximum absolute atomic E-state index is 12.0. The van der Waals surface area contributed by atoms with Crippen LogP contribution in [0.2, 0.25) is 0 Å². The Kier molecular flexibility index (Phi) is 4.02. The molecule has 0 bridgehead atoms. The van der Waals surface area contributed by atoms with E-state index in [0.29, 0.717) is 11.8 Å². The van der Waals surface area contributed by atoms with E-state index in [9.17, 15) is 14.7 Å². The summed E-state index contributed by atoms with van der Waals surface area (Å²) in [5.74, 6) is -1.10. The van der Waals surface area contributed by atoms with Gasteiger partial charge in [-0.15, -0.1) is 0 Å². The maximum Gasteiger partial charge on any atom is 0.267 e. The van der Waals surface area contributed by atoms with E-state index >= 15 is 0 Å². The van der Waals surface area contributed by atoms with Crippen molar-refractivity contribution in [1.82, 2.24) is 5.01 Å². The third kappa shape index (κ3) is 2.85. The second-order valence-corrected chi connectivity index (χ2v) is 5.51. The van der Waals surface area contributed by atoms with Crippen LogP contribution in [-0.4, -0.2) is 28.6 Å². The van der Waals surface area contributed by atoms with Crippen LogP contribution < -0.4 is 5.11 Å². The molecular formula is C14H19N2O3-. The molecule has 1 aliphatic carbocycles. The van der Waals surface area contributed by atoms with Crippen molar-refractivity contribution in [2.24, 2.45) is 16.9 Å². The van der Waals surface area contributed by atoms with Crippen molar-refractivity contribution in [2.75, 3.05) is 0 Å². The Morgan fingerprint density at radius 1 is 1.37 bits per heavy atom. The van der Waals surface area contributed by atoms with E-state index in [1.165, 1.54) is 11.4 Å². The second kappa shape index (κ2) is 5.55. The van der Waals surface area contributed by atoms with Gasteiger partial charge in [-0.1, -0.05) is 20.3 Å². The van der Waals surface area contributed by atoms with Gasteiger partial charge in [0, 0.05) is 17.7 Å². The molecule has 1 heterocycles. The minimum atomic E-state index is -1.36. The van der Waals surface area contributed by atoms with Crippen LogP contribution in [0, 0.1) is 11.8 Å². The number of fused-ring (bicyclic) bond motifs is 1. The van der Waals surface area contributed by atoms with Crippen LogP contribution in [0.5, 0.6) is 0 Å². The quantitative estimate of drug-likeness (QED) is 0.704. The molecule has 0 unspecified atom stereocenters. The first-order chi connectivity index (χ1) is 9.00. The molecule has 1 fully saturated rings. The predicted molar refractivity (Wildman–Crippen MR) is 69.0 cm³/mol. The lowest BCUT2D eigenvalue weighted by molar-refractivity contribution is -0.297. The highest BCUT2D eigenvalue weighted by atomic mass is 16.4. The van der Waals surface area contributed by atoms with Crippen molar-refractivity contribution in [3.05, 3.63) is 12.2 Å². The molecule has 1 amide bonds. The number of aliphatic carboxylic acids is 1. The number of hydrogen-bond donors (Lipinski definition) is 0. The molecule has 0 N–H and O–H groups in total. The van der Waals surface area contributed by atoms with Crippen molar-refractivity contribution in [2.45, 2.75) is 45.6 Å². The summed E-state index contributed by atoms with van der Waals surface area (Å²) in [4.78, 5) is 22.4. The van der Waals surface area contributed by atoms with Crippen molar-refractivity contribution in [3.63, 3.8) is 0 Å². The summed E-state index contributed by atoms with van der Waals surface area (Å²) >= 11 is 0. The van der Waals surface area contributed by atoms with Gasteiger partial charge in [-0.3, -0.25) is 4.79 Å². The molecule has 0 aromatic rings. The summed E-state index contributed by atoms with van der Waals surface area (Å²) in [7, 11) is 0. The van der Waals surface area contributed by atoms with E-state index in [-0.39, 0.29) is 11.9 Å². The number of carboxylic acid groups (broad SMARTS) is 1. The highest BCUT2D eigenvalue weighted by Crippen LogP contribution is 2.36. The standard InChI is InChI=1S/C14H20N2O3/c1-9(2)14-10-5-3-4-6-11(10)15-16(14)12(17)7-8-13(18)19/h7-10,14H,3-6H2,1-2H3,(H,18,19)/p-1/b8-7+/t10-,14-/m1/s1. The Labute approximate surface area is 113 Å². The van der Waals surface area contributed by atoms with Crippen LogP contribution in [-0.2, 0) is 9.59 Å². The first kappa shape index (κ1) is 13.8. The lowest BCUT2D eigenvalue weighted by Gasteiger charge is -2.30. The van der Waals surface area contributed by atoms with Gasteiger partial charge >= 0.3 is 0 Å². The van der Waals surface area contributed by atoms with E-state index in [1.54, 1.807) is 0 Å². The van der Waals surface area contributed by atoms with Crippen LogP contribution in [0.3, 0.4) is 0 Å². The molecule has 1 aliphatic heterocycles. The SMILES string of the molecule is CC(C)[C@@H]1[C@@H]2CCCCC2=NN1C(=O)/C=C/C(=O)[O-]. The molecule has 1 saturated carbocycles. The number of carbonyl (C=O) groups is 2. The van der Waals surface area contributed by atoms with Crippen LogP contribution in [0.4, 0.5) is 0 Å². The number of amides is 1. The van der Waals surface area contributed by atoms with Gasteiger partial charge in [0.05, 0.1) is 12.0 Å². The van der Waals surface area contributed by atoms with Gasteiger partial charge in [0.1, 0.15) is 0 Å². The minimum Gasteiger partial charge on any atom is -0.545 e. The molecule has 0 aromatic heterocycles. The molecule has 0 radical (unpaired) electrons. The number of hydrazone groups is 1. The normalized spacial score (nSPS) is 26.7. The van der Waals surface area contributed by atoms with E-state index in [1.807, 2.05) is 0 Å².